The molecule has 2 heterocycles. The first-order valence-electron chi connectivity index (χ1n) is 8.76. The molecule has 140 valence electrons. The third kappa shape index (κ3) is 5.85. The number of ether oxygens (including phenoxy) is 2. The maximum atomic E-state index is 12.3. The van der Waals surface area contributed by atoms with Gasteiger partial charge in [0.1, 0.15) is 18.0 Å². The number of hydrogen-bond donors (Lipinski definition) is 1. The lowest BCUT2D eigenvalue weighted by Crippen LogP contribution is -2.50. The predicted molar refractivity (Wildman–Crippen MR) is 96.5 cm³/mol. The van der Waals surface area contributed by atoms with Gasteiger partial charge in [-0.15, -0.1) is 0 Å². The Morgan fingerprint density at radius 3 is 2.76 bits per heavy atom. The molecule has 1 fully saturated rings. The Balaban J connectivity index is 2.06. The number of nitrogens with zero attached hydrogens (tertiary/aromatic N) is 3. The minimum atomic E-state index is -0.484. The second-order valence-corrected chi connectivity index (χ2v) is 7.69. The Bertz CT molecular complexity index is 600. The molecule has 7 nitrogen and oxygen atoms in total. The molecule has 1 aromatic rings. The summed E-state index contributed by atoms with van der Waals surface area (Å²) in [7, 11) is 1.63. The molecule has 0 bridgehead atoms. The number of piperidine rings is 1. The number of aromatic nitrogens is 2. The van der Waals surface area contributed by atoms with Crippen molar-refractivity contribution < 1.29 is 14.3 Å². The van der Waals surface area contributed by atoms with E-state index in [-0.39, 0.29) is 12.1 Å². The van der Waals surface area contributed by atoms with Crippen molar-refractivity contribution in [1.29, 1.82) is 0 Å². The number of anilines is 1. The van der Waals surface area contributed by atoms with Crippen LogP contribution in [0.15, 0.2) is 6.07 Å². The van der Waals surface area contributed by atoms with E-state index in [1.165, 1.54) is 0 Å². The highest BCUT2D eigenvalue weighted by Gasteiger charge is 2.31. The third-order valence-corrected chi connectivity index (χ3v) is 4.12. The van der Waals surface area contributed by atoms with E-state index in [0.717, 1.165) is 17.9 Å². The van der Waals surface area contributed by atoms with Crippen LogP contribution in [0.4, 0.5) is 10.6 Å². The standard InChI is InChI=1S/C18H30N4O3/c1-12-7-8-22(17(23)25-18(3,4)5)10-14(12)20-15-9-13(2)19-16(21-15)11-24-6/h9,12,14H,7-8,10-11H2,1-6H3,(H,19,20,21). The monoisotopic (exact) mass is 350 g/mol. The van der Waals surface area contributed by atoms with Crippen LogP contribution in [0.1, 0.15) is 45.6 Å². The van der Waals surface area contributed by atoms with Crippen molar-refractivity contribution in [2.75, 3.05) is 25.5 Å². The van der Waals surface area contributed by atoms with Crippen LogP contribution in [0.3, 0.4) is 0 Å². The molecule has 2 atom stereocenters. The highest BCUT2D eigenvalue weighted by atomic mass is 16.6. The van der Waals surface area contributed by atoms with Crippen molar-refractivity contribution in [2.45, 2.75) is 59.3 Å². The van der Waals surface area contributed by atoms with Crippen molar-refractivity contribution >= 4 is 11.9 Å². The summed E-state index contributed by atoms with van der Waals surface area (Å²) in [6.45, 7) is 11.5. The number of carbonyl (C=O) groups excluding carboxylic acids is 1. The Morgan fingerprint density at radius 1 is 1.40 bits per heavy atom. The molecule has 2 unspecified atom stereocenters. The number of rotatable bonds is 4. The molecule has 0 aliphatic carbocycles. The molecule has 1 aromatic heterocycles. The van der Waals surface area contributed by atoms with E-state index in [1.54, 1.807) is 12.0 Å². The van der Waals surface area contributed by atoms with E-state index in [4.69, 9.17) is 9.47 Å². The molecule has 1 amide bonds. The second-order valence-electron chi connectivity index (χ2n) is 7.69. The van der Waals surface area contributed by atoms with E-state index in [2.05, 4.69) is 22.2 Å². The Morgan fingerprint density at radius 2 is 2.12 bits per heavy atom. The summed E-state index contributed by atoms with van der Waals surface area (Å²) in [6, 6.07) is 2.03. The van der Waals surface area contributed by atoms with E-state index in [1.807, 2.05) is 33.8 Å². The number of amides is 1. The zero-order valence-corrected chi connectivity index (χ0v) is 16.1. The number of methoxy groups -OCH3 is 1. The van der Waals surface area contributed by atoms with Crippen LogP contribution in [0.25, 0.3) is 0 Å². The van der Waals surface area contributed by atoms with Gasteiger partial charge in [-0.25, -0.2) is 14.8 Å². The maximum Gasteiger partial charge on any atom is 0.410 e. The van der Waals surface area contributed by atoms with Crippen molar-refractivity contribution in [1.82, 2.24) is 14.9 Å². The molecule has 2 rings (SSSR count). The minimum absolute atomic E-state index is 0.117. The van der Waals surface area contributed by atoms with Gasteiger partial charge in [-0.05, 0) is 40.0 Å². The van der Waals surface area contributed by atoms with Crippen molar-refractivity contribution in [2.24, 2.45) is 5.92 Å². The average molecular weight is 350 g/mol. The van der Waals surface area contributed by atoms with E-state index >= 15 is 0 Å². The summed E-state index contributed by atoms with van der Waals surface area (Å²) in [4.78, 5) is 23.0. The van der Waals surface area contributed by atoms with Gasteiger partial charge in [0.05, 0.1) is 0 Å². The minimum Gasteiger partial charge on any atom is -0.444 e. The normalized spacial score (nSPS) is 21.1. The zero-order valence-electron chi connectivity index (χ0n) is 16.1. The molecule has 7 heteroatoms. The van der Waals surface area contributed by atoms with Crippen LogP contribution in [-0.4, -0.2) is 52.8 Å². The SMILES string of the molecule is COCc1nc(C)cc(NC2CN(C(=O)OC(C)(C)C)CCC2C)n1. The van der Waals surface area contributed by atoms with Crippen LogP contribution in [0.5, 0.6) is 0 Å². The summed E-state index contributed by atoms with van der Waals surface area (Å²) in [6.07, 6.45) is 0.663. The molecular weight excluding hydrogens is 320 g/mol. The number of hydrogen-bond acceptors (Lipinski definition) is 6. The van der Waals surface area contributed by atoms with Crippen molar-refractivity contribution in [3.8, 4) is 0 Å². The Labute approximate surface area is 150 Å². The summed E-state index contributed by atoms with van der Waals surface area (Å²) in [5.74, 6) is 1.85. The zero-order chi connectivity index (χ0) is 18.6. The second kappa shape index (κ2) is 7.99. The maximum absolute atomic E-state index is 12.3. The van der Waals surface area contributed by atoms with Gasteiger partial charge in [0.15, 0.2) is 5.82 Å². The molecule has 0 spiro atoms. The molecule has 1 N–H and O–H groups in total. The first-order chi connectivity index (χ1) is 11.7. The van der Waals surface area contributed by atoms with E-state index in [9.17, 15) is 4.79 Å². The molecule has 0 radical (unpaired) electrons. The highest BCUT2D eigenvalue weighted by Crippen LogP contribution is 2.22. The van der Waals surface area contributed by atoms with Crippen LogP contribution in [-0.2, 0) is 16.1 Å². The Kier molecular flexibility index (Phi) is 6.21. The van der Waals surface area contributed by atoms with Gasteiger partial charge in [0.2, 0.25) is 0 Å². The molecule has 25 heavy (non-hydrogen) atoms. The average Bonchev–Trinajstić information content (AvgIpc) is 2.47. The molecular formula is C18H30N4O3. The summed E-state index contributed by atoms with van der Waals surface area (Å²) >= 11 is 0. The summed E-state index contributed by atoms with van der Waals surface area (Å²) in [5, 5.41) is 3.46. The number of nitrogens with one attached hydrogen (secondary N) is 1. The quantitative estimate of drug-likeness (QED) is 0.899. The molecule has 0 saturated carbocycles. The number of carbonyl (C=O) groups is 1. The number of likely N-dealkylation sites (tertiary alicyclic amines) is 1. The number of aryl methyl sites for hydroxylation is 1. The lowest BCUT2D eigenvalue weighted by atomic mass is 9.93. The van der Waals surface area contributed by atoms with Gasteiger partial charge in [-0.1, -0.05) is 6.92 Å². The predicted octanol–water partition coefficient (Wildman–Crippen LogP) is 2.99. The fourth-order valence-electron chi connectivity index (χ4n) is 2.84. The molecule has 0 aromatic carbocycles. The Hall–Kier alpha value is -1.89. The largest absolute Gasteiger partial charge is 0.444 e. The fraction of sp³-hybridized carbons (Fsp3) is 0.722. The van der Waals surface area contributed by atoms with Crippen LogP contribution < -0.4 is 5.32 Å². The summed E-state index contributed by atoms with van der Waals surface area (Å²) in [5.41, 5.74) is 0.402. The first-order valence-corrected chi connectivity index (χ1v) is 8.76. The highest BCUT2D eigenvalue weighted by molar-refractivity contribution is 5.68. The van der Waals surface area contributed by atoms with Crippen molar-refractivity contribution in [3.63, 3.8) is 0 Å². The van der Waals surface area contributed by atoms with Gasteiger partial charge >= 0.3 is 6.09 Å². The van der Waals surface area contributed by atoms with Crippen LogP contribution >= 0.6 is 0 Å². The van der Waals surface area contributed by atoms with Gasteiger partial charge < -0.3 is 19.7 Å². The first kappa shape index (κ1) is 19.4. The topological polar surface area (TPSA) is 76.6 Å². The smallest absolute Gasteiger partial charge is 0.410 e. The molecule has 1 aliphatic heterocycles. The molecule has 1 aliphatic rings. The van der Waals surface area contributed by atoms with Crippen LogP contribution in [0, 0.1) is 12.8 Å². The van der Waals surface area contributed by atoms with Gasteiger partial charge in [-0.3, -0.25) is 0 Å². The van der Waals surface area contributed by atoms with E-state index in [0.29, 0.717) is 31.4 Å². The van der Waals surface area contributed by atoms with Crippen molar-refractivity contribution in [3.05, 3.63) is 17.6 Å². The van der Waals surface area contributed by atoms with Gasteiger partial charge in [0.25, 0.3) is 0 Å². The molecule has 1 saturated heterocycles. The van der Waals surface area contributed by atoms with E-state index < -0.39 is 5.60 Å². The lowest BCUT2D eigenvalue weighted by Gasteiger charge is -2.38. The van der Waals surface area contributed by atoms with Gasteiger partial charge in [0, 0.05) is 38.0 Å². The summed E-state index contributed by atoms with van der Waals surface area (Å²) < 4.78 is 10.6. The lowest BCUT2D eigenvalue weighted by molar-refractivity contribution is 0.0176. The fourth-order valence-corrected chi connectivity index (χ4v) is 2.84. The van der Waals surface area contributed by atoms with Gasteiger partial charge in [-0.2, -0.15) is 0 Å². The third-order valence-electron chi connectivity index (χ3n) is 4.12. The van der Waals surface area contributed by atoms with Crippen LogP contribution in [0.2, 0.25) is 0 Å².